The van der Waals surface area contributed by atoms with Crippen LogP contribution in [0.4, 0.5) is 8.78 Å². The van der Waals surface area contributed by atoms with E-state index in [2.05, 4.69) is 11.8 Å². The number of rotatable bonds is 2. The van der Waals surface area contributed by atoms with Crippen molar-refractivity contribution in [2.75, 3.05) is 6.61 Å². The molecule has 164 valence electrons. The minimum Gasteiger partial charge on any atom is -0.394 e. The maximum atomic E-state index is 14.7. The molecule has 0 amide bonds. The van der Waals surface area contributed by atoms with E-state index in [-0.39, 0.29) is 24.0 Å². The molecule has 4 atom stereocenters. The number of aliphatic hydroxyl groups is 3. The van der Waals surface area contributed by atoms with Crippen LogP contribution in [0.3, 0.4) is 0 Å². The van der Waals surface area contributed by atoms with Gasteiger partial charge in [0.25, 0.3) is 11.5 Å². The van der Waals surface area contributed by atoms with E-state index in [9.17, 15) is 33.7 Å². The molecule has 0 unspecified atom stereocenters. The summed E-state index contributed by atoms with van der Waals surface area (Å²) in [7, 11) is 0. The van der Waals surface area contributed by atoms with Crippen molar-refractivity contribution in [1.29, 1.82) is 0 Å². The second-order valence-electron chi connectivity index (χ2n) is 7.65. The zero-order valence-corrected chi connectivity index (χ0v) is 16.2. The number of nitrogens with one attached hydrogen (secondary N) is 1. The van der Waals surface area contributed by atoms with Crippen molar-refractivity contribution in [3.05, 3.63) is 68.0 Å². The van der Waals surface area contributed by atoms with Gasteiger partial charge in [-0.25, -0.2) is 13.6 Å². The molecule has 8 nitrogen and oxygen atoms in total. The molecule has 0 bridgehead atoms. The number of aromatic amines is 1. The van der Waals surface area contributed by atoms with Gasteiger partial charge in [0.2, 0.25) is 5.60 Å². The highest BCUT2D eigenvalue weighted by molar-refractivity contribution is 5.46. The molecule has 2 aromatic rings. The maximum absolute atomic E-state index is 14.7. The average molecular weight is 434 g/mol. The van der Waals surface area contributed by atoms with Gasteiger partial charge in [-0.05, 0) is 12.0 Å². The number of ether oxygens (including phenoxy) is 1. The monoisotopic (exact) mass is 434 g/mol. The summed E-state index contributed by atoms with van der Waals surface area (Å²) in [5.74, 6) is 0.901. The molecule has 10 heteroatoms. The number of benzene rings is 1. The largest absolute Gasteiger partial charge is 0.394 e. The fourth-order valence-electron chi connectivity index (χ4n) is 3.92. The first-order valence-corrected chi connectivity index (χ1v) is 9.68. The van der Waals surface area contributed by atoms with Crippen LogP contribution < -0.4 is 11.2 Å². The van der Waals surface area contributed by atoms with E-state index in [1.54, 1.807) is 12.1 Å². The van der Waals surface area contributed by atoms with Crippen LogP contribution in [0.2, 0.25) is 0 Å². The zero-order valence-electron chi connectivity index (χ0n) is 16.2. The molecule has 1 saturated heterocycles. The van der Waals surface area contributed by atoms with E-state index in [1.807, 2.05) is 4.98 Å². The summed E-state index contributed by atoms with van der Waals surface area (Å²) < 4.78 is 35.7. The van der Waals surface area contributed by atoms with Crippen LogP contribution in [0.15, 0.2) is 40.1 Å². The molecule has 1 aromatic carbocycles. The van der Waals surface area contributed by atoms with Crippen LogP contribution in [0, 0.1) is 11.8 Å². The average Bonchev–Trinajstić information content (AvgIpc) is 3.11. The summed E-state index contributed by atoms with van der Waals surface area (Å²) in [5, 5.41) is 29.9. The van der Waals surface area contributed by atoms with E-state index in [0.29, 0.717) is 5.56 Å². The van der Waals surface area contributed by atoms with Gasteiger partial charge in [-0.3, -0.25) is 14.3 Å². The van der Waals surface area contributed by atoms with Crippen LogP contribution in [0.1, 0.15) is 35.8 Å². The summed E-state index contributed by atoms with van der Waals surface area (Å²) in [6.45, 7) is -0.468. The predicted molar refractivity (Wildman–Crippen MR) is 103 cm³/mol. The molecule has 4 N–H and O–H groups in total. The standard InChI is InChI=1S/C21H20F2N2O6/c22-21(23)8-6-12-3-1-2-4-14(12)20(21,30)7-5-13-10-25(19(29)24-18(13)28)17-9-15(27)16(11-26)31-17/h1-4,10,15-17,26-27,30H,6,8-9,11H2,(H,24,28,29)/t15-,16+,17+,20-/m0/s1. The van der Waals surface area contributed by atoms with E-state index in [0.717, 1.165) is 10.8 Å². The Kier molecular flexibility index (Phi) is 5.31. The highest BCUT2D eigenvalue weighted by Crippen LogP contribution is 2.45. The quantitative estimate of drug-likeness (QED) is 0.493. The van der Waals surface area contributed by atoms with Gasteiger partial charge in [-0.15, -0.1) is 0 Å². The molecular formula is C21H20F2N2O6. The van der Waals surface area contributed by atoms with E-state index < -0.39 is 54.2 Å². The minimum absolute atomic E-state index is 0.0283. The molecule has 31 heavy (non-hydrogen) atoms. The molecular weight excluding hydrogens is 414 g/mol. The smallest absolute Gasteiger partial charge is 0.330 e. The van der Waals surface area contributed by atoms with Crippen molar-refractivity contribution in [3.63, 3.8) is 0 Å². The summed E-state index contributed by atoms with van der Waals surface area (Å²) >= 11 is 0. The Balaban J connectivity index is 1.76. The molecule has 1 fully saturated rings. The van der Waals surface area contributed by atoms with E-state index >= 15 is 0 Å². The highest BCUT2D eigenvalue weighted by Gasteiger charge is 2.56. The Hall–Kier alpha value is -2.84. The normalized spacial score (nSPS) is 29.1. The van der Waals surface area contributed by atoms with Crippen LogP contribution in [-0.2, 0) is 16.8 Å². The number of aryl methyl sites for hydroxylation is 1. The molecule has 4 rings (SSSR count). The van der Waals surface area contributed by atoms with Crippen LogP contribution in [0.5, 0.6) is 0 Å². The van der Waals surface area contributed by atoms with Gasteiger partial charge >= 0.3 is 5.69 Å². The summed E-state index contributed by atoms with van der Waals surface area (Å²) in [5.41, 5.74) is -4.40. The van der Waals surface area contributed by atoms with Crippen molar-refractivity contribution in [1.82, 2.24) is 9.55 Å². The van der Waals surface area contributed by atoms with Crippen molar-refractivity contribution < 1.29 is 28.8 Å². The predicted octanol–water partition coefficient (Wildman–Crippen LogP) is -0.00190. The lowest BCUT2D eigenvalue weighted by Gasteiger charge is -2.37. The molecule has 2 heterocycles. The second kappa shape index (κ2) is 7.69. The lowest BCUT2D eigenvalue weighted by molar-refractivity contribution is -0.164. The molecule has 1 aliphatic carbocycles. The molecule has 0 spiro atoms. The Morgan fingerprint density at radius 2 is 2.03 bits per heavy atom. The van der Waals surface area contributed by atoms with Crippen molar-refractivity contribution in [2.24, 2.45) is 0 Å². The van der Waals surface area contributed by atoms with Gasteiger partial charge in [0.05, 0.1) is 12.7 Å². The molecule has 1 aromatic heterocycles. The van der Waals surface area contributed by atoms with Gasteiger partial charge in [-0.2, -0.15) is 0 Å². The van der Waals surface area contributed by atoms with Gasteiger partial charge in [0.1, 0.15) is 17.9 Å². The first kappa shape index (κ1) is 21.4. The zero-order chi connectivity index (χ0) is 22.4. The van der Waals surface area contributed by atoms with Crippen molar-refractivity contribution in [3.8, 4) is 11.8 Å². The first-order chi connectivity index (χ1) is 14.7. The number of nitrogens with zero attached hydrogens (tertiary/aromatic N) is 1. The number of aromatic nitrogens is 2. The van der Waals surface area contributed by atoms with Crippen molar-refractivity contribution >= 4 is 0 Å². The van der Waals surface area contributed by atoms with Crippen molar-refractivity contribution in [2.45, 2.75) is 49.2 Å². The molecule has 2 aliphatic rings. The van der Waals surface area contributed by atoms with E-state index in [1.165, 1.54) is 12.1 Å². The van der Waals surface area contributed by atoms with E-state index in [4.69, 9.17) is 4.74 Å². The maximum Gasteiger partial charge on any atom is 0.330 e. The van der Waals surface area contributed by atoms with Gasteiger partial charge in [-0.1, -0.05) is 36.1 Å². The van der Waals surface area contributed by atoms with Crippen LogP contribution in [0.25, 0.3) is 0 Å². The van der Waals surface area contributed by atoms with Gasteiger partial charge in [0.15, 0.2) is 0 Å². The number of H-pyrrole nitrogens is 1. The Bertz CT molecular complexity index is 1180. The third kappa shape index (κ3) is 3.59. The highest BCUT2D eigenvalue weighted by atomic mass is 19.3. The Labute approximate surface area is 174 Å². The number of halogens is 2. The third-order valence-corrected chi connectivity index (χ3v) is 5.69. The number of aliphatic hydroxyl groups excluding tert-OH is 2. The first-order valence-electron chi connectivity index (χ1n) is 9.68. The molecule has 0 saturated carbocycles. The summed E-state index contributed by atoms with van der Waals surface area (Å²) in [4.78, 5) is 26.4. The minimum atomic E-state index is -3.55. The van der Waals surface area contributed by atoms with Gasteiger partial charge < -0.3 is 20.1 Å². The molecule has 1 aliphatic heterocycles. The number of hydrogen-bond acceptors (Lipinski definition) is 6. The SMILES string of the molecule is O=c1[nH]c(=O)n([C@H]2C[C@H](O)[C@@H](CO)O2)cc1C#C[C@]1(O)c2ccccc2CCC1(F)F. The lowest BCUT2D eigenvalue weighted by Crippen LogP contribution is -2.48. The Morgan fingerprint density at radius 3 is 2.74 bits per heavy atom. The fraction of sp³-hybridized carbons (Fsp3) is 0.429. The van der Waals surface area contributed by atoms with Crippen LogP contribution >= 0.6 is 0 Å². The Morgan fingerprint density at radius 1 is 1.29 bits per heavy atom. The number of hydrogen-bond donors (Lipinski definition) is 4. The van der Waals surface area contributed by atoms with Crippen LogP contribution in [-0.4, -0.2) is 49.6 Å². The fourth-order valence-corrected chi connectivity index (χ4v) is 3.92. The molecule has 0 radical (unpaired) electrons. The second-order valence-corrected chi connectivity index (χ2v) is 7.65. The lowest BCUT2D eigenvalue weighted by atomic mass is 9.76. The number of alkyl halides is 2. The topological polar surface area (TPSA) is 125 Å². The summed E-state index contributed by atoms with van der Waals surface area (Å²) in [6, 6.07) is 6.18. The summed E-state index contributed by atoms with van der Waals surface area (Å²) in [6.07, 6.45) is -2.45. The third-order valence-electron chi connectivity index (χ3n) is 5.69. The number of fused-ring (bicyclic) bond motifs is 1. The van der Waals surface area contributed by atoms with Gasteiger partial charge in [0, 0.05) is 24.6 Å².